The second-order valence-corrected chi connectivity index (χ2v) is 3.07. The van der Waals surface area contributed by atoms with Gasteiger partial charge in [-0.25, -0.2) is 0 Å². The van der Waals surface area contributed by atoms with Gasteiger partial charge < -0.3 is 25.8 Å². The molecule has 0 aromatic carbocycles. The van der Waals surface area contributed by atoms with E-state index in [9.17, 15) is 4.79 Å². The lowest BCUT2D eigenvalue weighted by molar-refractivity contribution is -0.145. The third-order valence-electron chi connectivity index (χ3n) is 1.41. The minimum atomic E-state index is -1.46. The zero-order valence-electron chi connectivity index (χ0n) is 7.43. The van der Waals surface area contributed by atoms with Crippen LogP contribution in [0.2, 0.25) is 0 Å². The predicted molar refractivity (Wildman–Crippen MR) is 44.1 cm³/mol. The second-order valence-electron chi connectivity index (χ2n) is 3.07. The zero-order chi connectivity index (χ0) is 10.5. The van der Waals surface area contributed by atoms with Crippen molar-refractivity contribution in [1.29, 1.82) is 0 Å². The van der Waals surface area contributed by atoms with E-state index in [1.54, 1.807) is 0 Å². The van der Waals surface area contributed by atoms with Crippen molar-refractivity contribution in [2.24, 2.45) is 5.73 Å². The Morgan fingerprint density at radius 1 is 1.69 bits per heavy atom. The number of aliphatic hydroxyl groups excluding tert-OH is 2. The summed E-state index contributed by atoms with van der Waals surface area (Å²) in [5.74, 6) is -1.18. The Balaban J connectivity index is 3.70. The molecule has 2 unspecified atom stereocenters. The first-order valence-corrected chi connectivity index (χ1v) is 3.79. The minimum absolute atomic E-state index is 0.128. The Bertz CT molecular complexity index is 170. The van der Waals surface area contributed by atoms with Crippen LogP contribution in [0.15, 0.2) is 0 Å². The van der Waals surface area contributed by atoms with E-state index in [1.807, 2.05) is 0 Å². The maximum Gasteiger partial charge on any atom is 0.325 e. The van der Waals surface area contributed by atoms with Gasteiger partial charge in [-0.1, -0.05) is 0 Å². The number of ether oxygens (including phenoxy) is 1. The largest absolute Gasteiger partial charge is 0.480 e. The van der Waals surface area contributed by atoms with Crippen molar-refractivity contribution in [3.8, 4) is 0 Å². The van der Waals surface area contributed by atoms with Crippen LogP contribution in [0.4, 0.5) is 0 Å². The number of aliphatic carboxylic acids is 1. The molecule has 13 heavy (non-hydrogen) atoms. The first-order valence-electron chi connectivity index (χ1n) is 3.79. The third-order valence-corrected chi connectivity index (χ3v) is 1.41. The minimum Gasteiger partial charge on any atom is -0.480 e. The monoisotopic (exact) mass is 193 g/mol. The van der Waals surface area contributed by atoms with Gasteiger partial charge in [-0.2, -0.15) is 0 Å². The van der Waals surface area contributed by atoms with E-state index >= 15 is 0 Å². The van der Waals surface area contributed by atoms with Crippen LogP contribution in [0.1, 0.15) is 6.92 Å². The van der Waals surface area contributed by atoms with Gasteiger partial charge in [0.2, 0.25) is 0 Å². The van der Waals surface area contributed by atoms with Crippen LogP contribution >= 0.6 is 0 Å². The molecule has 0 saturated carbocycles. The van der Waals surface area contributed by atoms with Crippen LogP contribution < -0.4 is 5.73 Å². The molecule has 0 bridgehead atoms. The Morgan fingerprint density at radius 3 is 2.62 bits per heavy atom. The summed E-state index contributed by atoms with van der Waals surface area (Å²) in [5.41, 5.74) is 3.86. The number of carboxylic acid groups (broad SMARTS) is 1. The molecule has 0 saturated heterocycles. The highest BCUT2D eigenvalue weighted by atomic mass is 16.5. The molecule has 5 N–H and O–H groups in total. The van der Waals surface area contributed by atoms with E-state index in [4.69, 9.17) is 25.8 Å². The molecule has 78 valence electrons. The molecule has 0 fully saturated rings. The van der Waals surface area contributed by atoms with Gasteiger partial charge in [0.05, 0.1) is 19.8 Å². The SMILES string of the molecule is CC(N)(COCC(O)CO)C(=O)O. The van der Waals surface area contributed by atoms with Crippen LogP contribution in [-0.2, 0) is 9.53 Å². The summed E-state index contributed by atoms with van der Waals surface area (Å²) in [6.45, 7) is 0.547. The maximum atomic E-state index is 10.4. The number of carboxylic acids is 1. The lowest BCUT2D eigenvalue weighted by atomic mass is 10.1. The molecule has 0 heterocycles. The number of rotatable bonds is 6. The highest BCUT2D eigenvalue weighted by Crippen LogP contribution is 2.00. The average Bonchev–Trinajstić information content (AvgIpc) is 2.03. The number of hydrogen-bond acceptors (Lipinski definition) is 5. The van der Waals surface area contributed by atoms with Gasteiger partial charge in [-0.3, -0.25) is 4.79 Å². The summed E-state index contributed by atoms with van der Waals surface area (Å²) >= 11 is 0. The first kappa shape index (κ1) is 12.3. The zero-order valence-corrected chi connectivity index (χ0v) is 7.43. The van der Waals surface area contributed by atoms with Gasteiger partial charge in [0, 0.05) is 0 Å². The summed E-state index contributed by atoms with van der Waals surface area (Å²) in [4.78, 5) is 10.4. The van der Waals surface area contributed by atoms with E-state index in [0.29, 0.717) is 0 Å². The van der Waals surface area contributed by atoms with Gasteiger partial charge in [0.15, 0.2) is 0 Å². The summed E-state index contributed by atoms with van der Waals surface area (Å²) in [5, 5.41) is 25.8. The van der Waals surface area contributed by atoms with Gasteiger partial charge in [0.1, 0.15) is 11.6 Å². The van der Waals surface area contributed by atoms with E-state index in [2.05, 4.69) is 0 Å². The van der Waals surface area contributed by atoms with E-state index < -0.39 is 24.2 Å². The molecule has 0 aromatic rings. The van der Waals surface area contributed by atoms with Crippen LogP contribution in [0.25, 0.3) is 0 Å². The second kappa shape index (κ2) is 5.13. The van der Waals surface area contributed by atoms with Crippen molar-refractivity contribution in [3.05, 3.63) is 0 Å². The van der Waals surface area contributed by atoms with Crippen molar-refractivity contribution >= 4 is 5.97 Å². The quantitative estimate of drug-likeness (QED) is 0.394. The summed E-state index contributed by atoms with van der Waals surface area (Å²) in [6.07, 6.45) is -0.996. The molecular formula is C7H15NO5. The van der Waals surface area contributed by atoms with Crippen molar-refractivity contribution in [3.63, 3.8) is 0 Å². The topological polar surface area (TPSA) is 113 Å². The van der Waals surface area contributed by atoms with E-state index in [1.165, 1.54) is 6.92 Å². The number of aliphatic hydroxyl groups is 2. The Labute approximate surface area is 75.9 Å². The molecule has 0 rings (SSSR count). The van der Waals surface area contributed by atoms with Gasteiger partial charge in [-0.15, -0.1) is 0 Å². The Kier molecular flexibility index (Phi) is 4.86. The van der Waals surface area contributed by atoms with Crippen LogP contribution in [-0.4, -0.2) is 52.8 Å². The molecule has 0 aromatic heterocycles. The first-order chi connectivity index (χ1) is 5.90. The van der Waals surface area contributed by atoms with Crippen LogP contribution in [0, 0.1) is 0 Å². The Hall–Kier alpha value is -0.690. The molecule has 6 nitrogen and oxygen atoms in total. The fourth-order valence-corrected chi connectivity index (χ4v) is 0.521. The fraction of sp³-hybridized carbons (Fsp3) is 0.857. The van der Waals surface area contributed by atoms with Crippen molar-refractivity contribution in [2.75, 3.05) is 19.8 Å². The molecule has 0 aliphatic rings. The third kappa shape index (κ3) is 4.79. The summed E-state index contributed by atoms with van der Waals surface area (Å²) in [7, 11) is 0. The van der Waals surface area contributed by atoms with Crippen molar-refractivity contribution in [2.45, 2.75) is 18.6 Å². The molecule has 0 radical (unpaired) electrons. The summed E-state index contributed by atoms with van der Waals surface area (Å²) in [6, 6.07) is 0. The van der Waals surface area contributed by atoms with E-state index in [-0.39, 0.29) is 13.2 Å². The van der Waals surface area contributed by atoms with Crippen molar-refractivity contribution in [1.82, 2.24) is 0 Å². The molecule has 0 aliphatic heterocycles. The van der Waals surface area contributed by atoms with Gasteiger partial charge >= 0.3 is 5.97 Å². The smallest absolute Gasteiger partial charge is 0.325 e. The molecular weight excluding hydrogens is 178 g/mol. The molecule has 0 aliphatic carbocycles. The molecule has 0 amide bonds. The molecule has 2 atom stereocenters. The molecule has 6 heteroatoms. The normalized spacial score (nSPS) is 17.8. The number of nitrogens with two attached hydrogens (primary N) is 1. The van der Waals surface area contributed by atoms with Gasteiger partial charge in [-0.05, 0) is 6.92 Å². The van der Waals surface area contributed by atoms with E-state index in [0.717, 1.165) is 0 Å². The maximum absolute atomic E-state index is 10.4. The van der Waals surface area contributed by atoms with Gasteiger partial charge in [0.25, 0.3) is 0 Å². The lowest BCUT2D eigenvalue weighted by Crippen LogP contribution is -2.49. The van der Waals surface area contributed by atoms with Crippen LogP contribution in [0.3, 0.4) is 0 Å². The standard InChI is InChI=1S/C7H15NO5/c1-7(8,6(11)12)4-13-3-5(10)2-9/h5,9-10H,2-4,8H2,1H3,(H,11,12). The van der Waals surface area contributed by atoms with Crippen LogP contribution in [0.5, 0.6) is 0 Å². The highest BCUT2D eigenvalue weighted by molar-refractivity contribution is 5.77. The van der Waals surface area contributed by atoms with Crippen molar-refractivity contribution < 1.29 is 24.9 Å². The number of carbonyl (C=O) groups is 1. The lowest BCUT2D eigenvalue weighted by Gasteiger charge is -2.19. The highest BCUT2D eigenvalue weighted by Gasteiger charge is 2.28. The average molecular weight is 193 g/mol. The fourth-order valence-electron chi connectivity index (χ4n) is 0.521. The Morgan fingerprint density at radius 2 is 2.23 bits per heavy atom. The molecule has 0 spiro atoms. The predicted octanol–water partition coefficient (Wildman–Crippen LogP) is -1.84. The summed E-state index contributed by atoms with van der Waals surface area (Å²) < 4.78 is 4.80. The number of hydrogen-bond donors (Lipinski definition) is 4.